The van der Waals surface area contributed by atoms with Crippen LogP contribution in [0.1, 0.15) is 48.0 Å². The Hall–Kier alpha value is -1.26. The molecular weight excluding hydrogens is 234 g/mol. The third-order valence-electron chi connectivity index (χ3n) is 2.67. The molecule has 1 unspecified atom stereocenters. The minimum Gasteiger partial charge on any atom is -0.480 e. The van der Waals surface area contributed by atoms with Crippen LogP contribution in [-0.2, 0) is 9.53 Å². The molecule has 0 heterocycles. The summed E-state index contributed by atoms with van der Waals surface area (Å²) in [6.07, 6.45) is -0.244. The molecule has 106 valence electrons. The van der Waals surface area contributed by atoms with Crippen molar-refractivity contribution in [2.75, 3.05) is 7.05 Å². The zero-order valence-electron chi connectivity index (χ0n) is 12.4. The Morgan fingerprint density at radius 2 is 1.67 bits per heavy atom. The van der Waals surface area contributed by atoms with E-state index in [4.69, 9.17) is 4.74 Å². The zero-order chi connectivity index (χ0) is 14.7. The maximum atomic E-state index is 11.9. The molecule has 0 aliphatic rings. The van der Waals surface area contributed by atoms with Gasteiger partial charge in [-0.3, -0.25) is 4.90 Å². The molecule has 0 saturated carbocycles. The van der Waals surface area contributed by atoms with E-state index < -0.39 is 23.2 Å². The Kier molecular flexibility index (Phi) is 5.20. The molecule has 1 atom stereocenters. The van der Waals surface area contributed by atoms with Crippen LogP contribution in [0.5, 0.6) is 0 Å². The summed E-state index contributed by atoms with van der Waals surface area (Å²) in [6.45, 7) is 10.6. The molecule has 1 amide bonds. The van der Waals surface area contributed by atoms with Crippen molar-refractivity contribution in [3.8, 4) is 0 Å². The summed E-state index contributed by atoms with van der Waals surface area (Å²) in [5, 5.41) is 9.35. The number of carbonyl (C=O) groups excluding carboxylic acids is 1. The smallest absolute Gasteiger partial charge is 0.410 e. The lowest BCUT2D eigenvalue weighted by Gasteiger charge is -2.37. The van der Waals surface area contributed by atoms with Crippen molar-refractivity contribution >= 4 is 12.1 Å². The van der Waals surface area contributed by atoms with Crippen molar-refractivity contribution in [2.24, 2.45) is 5.92 Å². The van der Waals surface area contributed by atoms with Gasteiger partial charge >= 0.3 is 12.1 Å². The minimum atomic E-state index is -1.25. The fraction of sp³-hybridized carbons (Fsp3) is 0.846. The van der Waals surface area contributed by atoms with E-state index >= 15 is 0 Å². The predicted molar refractivity (Wildman–Crippen MR) is 69.5 cm³/mol. The van der Waals surface area contributed by atoms with Gasteiger partial charge in [-0.2, -0.15) is 0 Å². The largest absolute Gasteiger partial charge is 0.480 e. The molecule has 0 saturated heterocycles. The first-order valence-electron chi connectivity index (χ1n) is 6.10. The molecule has 0 aliphatic carbocycles. The van der Waals surface area contributed by atoms with Crippen LogP contribution in [0.3, 0.4) is 0 Å². The second kappa shape index (κ2) is 5.59. The van der Waals surface area contributed by atoms with Crippen LogP contribution in [0, 0.1) is 5.92 Å². The molecule has 0 bridgehead atoms. The Labute approximate surface area is 109 Å². The summed E-state index contributed by atoms with van der Waals surface area (Å²) in [6, 6.07) is 0. The van der Waals surface area contributed by atoms with Crippen LogP contribution in [0.4, 0.5) is 4.79 Å². The highest BCUT2D eigenvalue weighted by molar-refractivity contribution is 5.83. The minimum absolute atomic E-state index is 0.163. The fourth-order valence-corrected chi connectivity index (χ4v) is 1.69. The monoisotopic (exact) mass is 259 g/mol. The highest BCUT2D eigenvalue weighted by Crippen LogP contribution is 2.25. The molecular formula is C13H25NO4. The number of carbonyl (C=O) groups is 2. The Morgan fingerprint density at radius 3 is 1.94 bits per heavy atom. The number of carboxylic acids is 1. The molecule has 0 rings (SSSR count). The average molecular weight is 259 g/mol. The van der Waals surface area contributed by atoms with Gasteiger partial charge < -0.3 is 9.84 Å². The van der Waals surface area contributed by atoms with Gasteiger partial charge in [0, 0.05) is 7.05 Å². The first-order chi connectivity index (χ1) is 7.90. The van der Waals surface area contributed by atoms with E-state index in [2.05, 4.69) is 0 Å². The number of amides is 1. The highest BCUT2D eigenvalue weighted by Gasteiger charge is 2.42. The van der Waals surface area contributed by atoms with Crippen LogP contribution >= 0.6 is 0 Å². The van der Waals surface area contributed by atoms with Crippen molar-refractivity contribution in [1.29, 1.82) is 0 Å². The Morgan fingerprint density at radius 1 is 1.22 bits per heavy atom. The molecule has 18 heavy (non-hydrogen) atoms. The number of likely N-dealkylation sites (N-methyl/N-ethyl adjacent to an activating group) is 1. The van der Waals surface area contributed by atoms with E-state index in [9.17, 15) is 14.7 Å². The van der Waals surface area contributed by atoms with E-state index in [0.717, 1.165) is 0 Å². The van der Waals surface area contributed by atoms with Gasteiger partial charge in [-0.15, -0.1) is 0 Å². The molecule has 0 radical (unpaired) electrons. The molecule has 1 N–H and O–H groups in total. The number of ether oxygens (including phenoxy) is 1. The standard InChI is InChI=1S/C13H25NO4/c1-9(2)8-13(6,10(15)16)14(7)11(17)18-12(3,4)5/h9H,8H2,1-7H3,(H,15,16). The van der Waals surface area contributed by atoms with Crippen LogP contribution < -0.4 is 0 Å². The number of carboxylic acid groups (broad SMARTS) is 1. The van der Waals surface area contributed by atoms with Gasteiger partial charge in [-0.1, -0.05) is 13.8 Å². The highest BCUT2D eigenvalue weighted by atomic mass is 16.6. The molecule has 0 aromatic carbocycles. The fourth-order valence-electron chi connectivity index (χ4n) is 1.69. The first kappa shape index (κ1) is 16.7. The SMILES string of the molecule is CC(C)CC(C)(C(=O)O)N(C)C(=O)OC(C)(C)C. The van der Waals surface area contributed by atoms with Crippen molar-refractivity contribution < 1.29 is 19.4 Å². The molecule has 0 aromatic heterocycles. The van der Waals surface area contributed by atoms with E-state index in [1.807, 2.05) is 13.8 Å². The zero-order valence-corrected chi connectivity index (χ0v) is 12.4. The van der Waals surface area contributed by atoms with Gasteiger partial charge in [0.15, 0.2) is 0 Å². The molecule has 0 fully saturated rings. The van der Waals surface area contributed by atoms with Gasteiger partial charge in [0.1, 0.15) is 11.1 Å². The van der Waals surface area contributed by atoms with Gasteiger partial charge in [0.2, 0.25) is 0 Å². The summed E-state index contributed by atoms with van der Waals surface area (Å²) in [5.41, 5.74) is -1.89. The third-order valence-corrected chi connectivity index (χ3v) is 2.67. The maximum Gasteiger partial charge on any atom is 0.410 e. The van der Waals surface area contributed by atoms with E-state index in [-0.39, 0.29) is 5.92 Å². The summed E-state index contributed by atoms with van der Waals surface area (Å²) in [5.74, 6) is -0.861. The number of aliphatic carboxylic acids is 1. The van der Waals surface area contributed by atoms with Crippen molar-refractivity contribution in [2.45, 2.75) is 59.1 Å². The predicted octanol–water partition coefficient (Wildman–Crippen LogP) is 2.74. The van der Waals surface area contributed by atoms with E-state index in [0.29, 0.717) is 6.42 Å². The topological polar surface area (TPSA) is 66.8 Å². The number of nitrogens with zero attached hydrogens (tertiary/aromatic N) is 1. The molecule has 0 aromatic rings. The lowest BCUT2D eigenvalue weighted by molar-refractivity contribution is -0.150. The number of rotatable bonds is 4. The second-order valence-corrected chi connectivity index (χ2v) is 6.22. The lowest BCUT2D eigenvalue weighted by Crippen LogP contribution is -2.54. The van der Waals surface area contributed by atoms with Gasteiger partial charge in [-0.05, 0) is 40.0 Å². The van der Waals surface area contributed by atoms with E-state index in [1.165, 1.54) is 11.9 Å². The normalized spacial score (nSPS) is 15.1. The molecule has 5 nitrogen and oxygen atoms in total. The van der Waals surface area contributed by atoms with Crippen molar-refractivity contribution in [3.63, 3.8) is 0 Å². The van der Waals surface area contributed by atoms with Gasteiger partial charge in [0.05, 0.1) is 0 Å². The third kappa shape index (κ3) is 4.55. The molecule has 0 spiro atoms. The quantitative estimate of drug-likeness (QED) is 0.843. The van der Waals surface area contributed by atoms with Gasteiger partial charge in [0.25, 0.3) is 0 Å². The van der Waals surface area contributed by atoms with Crippen LogP contribution in [0.25, 0.3) is 0 Å². The Balaban J connectivity index is 5.04. The lowest BCUT2D eigenvalue weighted by atomic mass is 9.89. The van der Waals surface area contributed by atoms with Crippen molar-refractivity contribution in [3.05, 3.63) is 0 Å². The summed E-state index contributed by atoms with van der Waals surface area (Å²) < 4.78 is 5.20. The summed E-state index contributed by atoms with van der Waals surface area (Å²) in [7, 11) is 1.46. The molecule has 0 aliphatic heterocycles. The summed E-state index contributed by atoms with van der Waals surface area (Å²) >= 11 is 0. The van der Waals surface area contributed by atoms with Crippen LogP contribution in [0.2, 0.25) is 0 Å². The second-order valence-electron chi connectivity index (χ2n) is 6.22. The average Bonchev–Trinajstić information content (AvgIpc) is 2.12. The summed E-state index contributed by atoms with van der Waals surface area (Å²) in [4.78, 5) is 24.5. The van der Waals surface area contributed by atoms with Crippen LogP contribution in [0.15, 0.2) is 0 Å². The van der Waals surface area contributed by atoms with Crippen molar-refractivity contribution in [1.82, 2.24) is 4.90 Å². The van der Waals surface area contributed by atoms with Crippen LogP contribution in [-0.4, -0.2) is 40.3 Å². The first-order valence-corrected chi connectivity index (χ1v) is 6.10. The molecule has 5 heteroatoms. The maximum absolute atomic E-state index is 11.9. The van der Waals surface area contributed by atoms with E-state index in [1.54, 1.807) is 27.7 Å². The van der Waals surface area contributed by atoms with Gasteiger partial charge in [-0.25, -0.2) is 9.59 Å². The number of hydrogen-bond donors (Lipinski definition) is 1. The Bertz CT molecular complexity index is 319. The number of hydrogen-bond acceptors (Lipinski definition) is 3.